The number of pyridine rings is 1. The smallest absolute Gasteiger partial charge is 0.232 e. The molecule has 0 spiro atoms. The fraction of sp³-hybridized carbons (Fsp3) is 0.440. The maximum absolute atomic E-state index is 13.0. The molecule has 1 aromatic carbocycles. The van der Waals surface area contributed by atoms with Gasteiger partial charge >= 0.3 is 0 Å². The van der Waals surface area contributed by atoms with Crippen LogP contribution in [0.15, 0.2) is 42.7 Å². The first-order chi connectivity index (χ1) is 16.6. The van der Waals surface area contributed by atoms with Crippen LogP contribution in [0.5, 0.6) is 5.75 Å². The molecular weight excluding hydrogens is 470 g/mol. The van der Waals surface area contributed by atoms with Crippen LogP contribution in [0.25, 0.3) is 22.8 Å². The predicted molar refractivity (Wildman–Crippen MR) is 137 cm³/mol. The standard InChI is InChI=1S/C25H30ClN5O2S/c1-3-34-17-23(32)30(20-6-4-5-7-20)14-15-31-25(19-8-9-22(33-2)21(26)16-19)28-24(29-31)18-10-12-27-13-11-18/h8-13,16,20H,3-7,14-15,17H2,1-2H3. The number of carbonyl (C=O) groups is 1. The van der Waals surface area contributed by atoms with Crippen LogP contribution in [0, 0.1) is 0 Å². The zero-order valence-corrected chi connectivity index (χ0v) is 21.2. The maximum atomic E-state index is 13.0. The third-order valence-electron chi connectivity index (χ3n) is 6.09. The summed E-state index contributed by atoms with van der Waals surface area (Å²) < 4.78 is 7.19. The first-order valence-electron chi connectivity index (χ1n) is 11.7. The average molecular weight is 500 g/mol. The summed E-state index contributed by atoms with van der Waals surface area (Å²) in [6, 6.07) is 9.70. The molecular formula is C25H30ClN5O2S. The number of thioether (sulfide) groups is 1. The Morgan fingerprint density at radius 2 is 1.97 bits per heavy atom. The number of rotatable bonds is 10. The van der Waals surface area contributed by atoms with Crippen molar-refractivity contribution in [3.8, 4) is 28.5 Å². The second-order valence-corrected chi connectivity index (χ2v) is 9.91. The quantitative estimate of drug-likeness (QED) is 0.382. The van der Waals surface area contributed by atoms with Crippen LogP contribution in [-0.2, 0) is 11.3 Å². The maximum Gasteiger partial charge on any atom is 0.232 e. The Labute approximate surface area is 209 Å². The van der Waals surface area contributed by atoms with Crippen molar-refractivity contribution < 1.29 is 9.53 Å². The second kappa shape index (κ2) is 11.7. The number of methoxy groups -OCH3 is 1. The van der Waals surface area contributed by atoms with E-state index in [1.165, 1.54) is 12.8 Å². The Hall–Kier alpha value is -2.58. The molecule has 1 saturated carbocycles. The van der Waals surface area contributed by atoms with E-state index in [0.717, 1.165) is 29.7 Å². The summed E-state index contributed by atoms with van der Waals surface area (Å²) in [7, 11) is 1.59. The predicted octanol–water partition coefficient (Wildman–Crippen LogP) is 5.19. The SMILES string of the molecule is CCSCC(=O)N(CCn1nc(-c2ccncc2)nc1-c1ccc(OC)c(Cl)c1)C1CCCC1. The minimum Gasteiger partial charge on any atom is -0.495 e. The lowest BCUT2D eigenvalue weighted by atomic mass is 10.2. The van der Waals surface area contributed by atoms with Gasteiger partial charge in [0, 0.05) is 36.1 Å². The van der Waals surface area contributed by atoms with E-state index in [0.29, 0.717) is 47.3 Å². The topological polar surface area (TPSA) is 73.1 Å². The Bertz CT molecular complexity index is 1100. The van der Waals surface area contributed by atoms with E-state index >= 15 is 0 Å². The molecule has 0 saturated heterocycles. The number of nitrogens with zero attached hydrogens (tertiary/aromatic N) is 5. The van der Waals surface area contributed by atoms with Gasteiger partial charge < -0.3 is 9.64 Å². The third kappa shape index (κ3) is 5.73. The highest BCUT2D eigenvalue weighted by molar-refractivity contribution is 7.99. The molecule has 3 aromatic rings. The van der Waals surface area contributed by atoms with Crippen molar-refractivity contribution in [2.45, 2.75) is 45.2 Å². The van der Waals surface area contributed by atoms with E-state index in [1.54, 1.807) is 31.3 Å². The fourth-order valence-corrected chi connectivity index (χ4v) is 5.14. The summed E-state index contributed by atoms with van der Waals surface area (Å²) in [5.74, 6) is 3.60. The molecule has 34 heavy (non-hydrogen) atoms. The molecule has 1 fully saturated rings. The molecule has 7 nitrogen and oxygen atoms in total. The largest absolute Gasteiger partial charge is 0.495 e. The molecule has 4 rings (SSSR count). The Balaban J connectivity index is 1.64. The van der Waals surface area contributed by atoms with Crippen LogP contribution >= 0.6 is 23.4 Å². The first-order valence-corrected chi connectivity index (χ1v) is 13.2. The summed E-state index contributed by atoms with van der Waals surface area (Å²) in [4.78, 5) is 24.0. The molecule has 0 bridgehead atoms. The van der Waals surface area contributed by atoms with Crippen LogP contribution in [0.1, 0.15) is 32.6 Å². The van der Waals surface area contributed by atoms with Crippen LogP contribution in [0.3, 0.4) is 0 Å². The van der Waals surface area contributed by atoms with E-state index in [1.807, 2.05) is 35.0 Å². The summed E-state index contributed by atoms with van der Waals surface area (Å²) >= 11 is 8.09. The molecule has 0 atom stereocenters. The summed E-state index contributed by atoms with van der Waals surface area (Å²) in [6.45, 7) is 3.24. The van der Waals surface area contributed by atoms with E-state index in [2.05, 4.69) is 16.8 Å². The molecule has 2 heterocycles. The number of amides is 1. The Morgan fingerprint density at radius 3 is 2.65 bits per heavy atom. The number of hydrogen-bond acceptors (Lipinski definition) is 6. The number of hydrogen-bond donors (Lipinski definition) is 0. The van der Waals surface area contributed by atoms with Crippen molar-refractivity contribution in [1.29, 1.82) is 0 Å². The van der Waals surface area contributed by atoms with Crippen LogP contribution < -0.4 is 4.74 Å². The van der Waals surface area contributed by atoms with Gasteiger partial charge in [-0.05, 0) is 48.9 Å². The number of ether oxygens (including phenoxy) is 1. The zero-order valence-electron chi connectivity index (χ0n) is 19.6. The van der Waals surface area contributed by atoms with Gasteiger partial charge in [0.25, 0.3) is 0 Å². The Kier molecular flexibility index (Phi) is 8.45. The van der Waals surface area contributed by atoms with E-state index in [4.69, 9.17) is 26.4 Å². The number of carbonyl (C=O) groups excluding carboxylic acids is 1. The summed E-state index contributed by atoms with van der Waals surface area (Å²) in [6.07, 6.45) is 7.96. The van der Waals surface area contributed by atoms with Gasteiger partial charge in [0.2, 0.25) is 5.91 Å². The third-order valence-corrected chi connectivity index (χ3v) is 7.24. The lowest BCUT2D eigenvalue weighted by molar-refractivity contribution is -0.130. The second-order valence-electron chi connectivity index (χ2n) is 8.23. The van der Waals surface area contributed by atoms with Crippen molar-refractivity contribution in [2.24, 2.45) is 0 Å². The van der Waals surface area contributed by atoms with Crippen molar-refractivity contribution in [3.63, 3.8) is 0 Å². The highest BCUT2D eigenvalue weighted by Crippen LogP contribution is 2.31. The van der Waals surface area contributed by atoms with Crippen molar-refractivity contribution in [1.82, 2.24) is 24.6 Å². The molecule has 0 radical (unpaired) electrons. The molecule has 1 aliphatic rings. The van der Waals surface area contributed by atoms with Gasteiger partial charge in [-0.2, -0.15) is 16.9 Å². The molecule has 0 unspecified atom stereocenters. The number of benzene rings is 1. The van der Waals surface area contributed by atoms with Gasteiger partial charge in [-0.25, -0.2) is 9.67 Å². The molecule has 180 valence electrons. The molecule has 2 aromatic heterocycles. The van der Waals surface area contributed by atoms with Gasteiger partial charge in [0.15, 0.2) is 11.6 Å². The number of halogens is 1. The lowest BCUT2D eigenvalue weighted by Crippen LogP contribution is -2.42. The van der Waals surface area contributed by atoms with Crippen LogP contribution in [0.2, 0.25) is 5.02 Å². The molecule has 1 aliphatic carbocycles. The summed E-state index contributed by atoms with van der Waals surface area (Å²) in [5.41, 5.74) is 1.73. The van der Waals surface area contributed by atoms with Gasteiger partial charge in [0.05, 0.1) is 24.4 Å². The van der Waals surface area contributed by atoms with Gasteiger partial charge in [-0.3, -0.25) is 9.78 Å². The minimum atomic E-state index is 0.210. The Morgan fingerprint density at radius 1 is 1.21 bits per heavy atom. The van der Waals surface area contributed by atoms with Gasteiger partial charge in [0.1, 0.15) is 5.75 Å². The van der Waals surface area contributed by atoms with Gasteiger partial charge in [-0.15, -0.1) is 0 Å². The van der Waals surface area contributed by atoms with Crippen LogP contribution in [0.4, 0.5) is 0 Å². The van der Waals surface area contributed by atoms with E-state index in [9.17, 15) is 4.79 Å². The van der Waals surface area contributed by atoms with E-state index < -0.39 is 0 Å². The zero-order chi connectivity index (χ0) is 23.9. The highest BCUT2D eigenvalue weighted by atomic mass is 35.5. The van der Waals surface area contributed by atoms with Crippen molar-refractivity contribution in [2.75, 3.05) is 25.2 Å². The molecule has 1 amide bonds. The van der Waals surface area contributed by atoms with E-state index in [-0.39, 0.29) is 5.91 Å². The normalized spacial score (nSPS) is 13.9. The average Bonchev–Trinajstić information content (AvgIpc) is 3.54. The summed E-state index contributed by atoms with van der Waals surface area (Å²) in [5, 5.41) is 5.32. The highest BCUT2D eigenvalue weighted by Gasteiger charge is 2.27. The monoisotopic (exact) mass is 499 g/mol. The fourth-order valence-electron chi connectivity index (χ4n) is 4.34. The molecule has 9 heteroatoms. The first kappa shape index (κ1) is 24.5. The number of aromatic nitrogens is 4. The lowest BCUT2D eigenvalue weighted by Gasteiger charge is -2.29. The van der Waals surface area contributed by atoms with Crippen LogP contribution in [-0.4, -0.2) is 61.8 Å². The molecule has 0 N–H and O–H groups in total. The minimum absolute atomic E-state index is 0.210. The van der Waals surface area contributed by atoms with Crippen molar-refractivity contribution >= 4 is 29.3 Å². The van der Waals surface area contributed by atoms with Crippen molar-refractivity contribution in [3.05, 3.63) is 47.7 Å². The molecule has 0 aliphatic heterocycles. The van der Waals surface area contributed by atoms with Gasteiger partial charge in [-0.1, -0.05) is 31.4 Å².